The Kier molecular flexibility index (Phi) is 9.00. The Morgan fingerprint density at radius 2 is 2.00 bits per heavy atom. The maximum atomic E-state index is 5.88. The van der Waals surface area contributed by atoms with Gasteiger partial charge in [0.1, 0.15) is 0 Å². The molecular formula is C24H32N2. The van der Waals surface area contributed by atoms with Crippen molar-refractivity contribution in [3.63, 3.8) is 0 Å². The number of anilines is 1. The molecule has 2 nitrogen and oxygen atoms in total. The minimum atomic E-state index is 0.110. The highest BCUT2D eigenvalue weighted by molar-refractivity contribution is 5.69. The van der Waals surface area contributed by atoms with Gasteiger partial charge in [0.15, 0.2) is 0 Å². The van der Waals surface area contributed by atoms with Crippen molar-refractivity contribution in [1.29, 1.82) is 0 Å². The van der Waals surface area contributed by atoms with Crippen LogP contribution in [0.5, 0.6) is 0 Å². The van der Waals surface area contributed by atoms with Crippen molar-refractivity contribution in [3.8, 4) is 0 Å². The van der Waals surface area contributed by atoms with Gasteiger partial charge in [0.25, 0.3) is 0 Å². The summed E-state index contributed by atoms with van der Waals surface area (Å²) in [5, 5.41) is 3.16. The molecule has 1 rings (SSSR count). The summed E-state index contributed by atoms with van der Waals surface area (Å²) in [5.74, 6) is 0. The highest BCUT2D eigenvalue weighted by Gasteiger charge is 2.04. The molecular weight excluding hydrogens is 316 g/mol. The second-order valence-electron chi connectivity index (χ2n) is 6.47. The molecule has 2 heteroatoms. The summed E-state index contributed by atoms with van der Waals surface area (Å²) in [5.41, 5.74) is 12.5. The third-order valence-electron chi connectivity index (χ3n) is 4.13. The molecule has 1 atom stereocenters. The SMILES string of the molecule is C=CNC(/C=C/C=C(C)\C=C/CC(=C)c1ccc(N)cc1CC)C(=C)C. The number of aryl methyl sites for hydroxylation is 1. The van der Waals surface area contributed by atoms with Gasteiger partial charge in [0.05, 0.1) is 6.04 Å². The standard InChI is InChI=1S/C24H32N2/c1-7-21-17-22(25)15-16-23(21)20(6)13-9-11-19(5)12-10-14-24(18(3)4)26-8-2/h8-12,14-17,24,26H,2-3,6-7,13,25H2,1,4-5H3/b11-9-,14-10+,19-12-. The predicted molar refractivity (Wildman–Crippen MR) is 118 cm³/mol. The molecule has 0 radical (unpaired) electrons. The lowest BCUT2D eigenvalue weighted by molar-refractivity contribution is 0.798. The van der Waals surface area contributed by atoms with Crippen molar-refractivity contribution >= 4 is 11.3 Å². The number of benzene rings is 1. The van der Waals surface area contributed by atoms with Crippen LogP contribution in [0.2, 0.25) is 0 Å². The van der Waals surface area contributed by atoms with Gasteiger partial charge in [-0.1, -0.05) is 74.3 Å². The molecule has 0 spiro atoms. The van der Waals surface area contributed by atoms with Crippen LogP contribution in [0.3, 0.4) is 0 Å². The molecule has 26 heavy (non-hydrogen) atoms. The van der Waals surface area contributed by atoms with Crippen LogP contribution in [0.1, 0.15) is 38.3 Å². The van der Waals surface area contributed by atoms with Gasteiger partial charge >= 0.3 is 0 Å². The van der Waals surface area contributed by atoms with E-state index in [0.717, 1.165) is 29.7 Å². The summed E-state index contributed by atoms with van der Waals surface area (Å²) in [6.07, 6.45) is 13.9. The van der Waals surface area contributed by atoms with Crippen LogP contribution in [0.4, 0.5) is 5.69 Å². The molecule has 1 aromatic carbocycles. The van der Waals surface area contributed by atoms with Crippen molar-refractivity contribution in [2.24, 2.45) is 0 Å². The Balaban J connectivity index is 2.68. The van der Waals surface area contributed by atoms with Crippen molar-refractivity contribution in [2.75, 3.05) is 5.73 Å². The molecule has 0 saturated carbocycles. The number of nitrogens with two attached hydrogens (primary N) is 1. The lowest BCUT2D eigenvalue weighted by atomic mass is 9.96. The minimum Gasteiger partial charge on any atom is -0.399 e. The van der Waals surface area contributed by atoms with Crippen molar-refractivity contribution in [2.45, 2.75) is 39.7 Å². The van der Waals surface area contributed by atoms with E-state index in [-0.39, 0.29) is 6.04 Å². The Morgan fingerprint density at radius 3 is 2.62 bits per heavy atom. The molecule has 0 saturated heterocycles. The summed E-state index contributed by atoms with van der Waals surface area (Å²) in [6, 6.07) is 6.16. The maximum Gasteiger partial charge on any atom is 0.0650 e. The third kappa shape index (κ3) is 7.02. The van der Waals surface area contributed by atoms with Crippen molar-refractivity contribution in [1.82, 2.24) is 5.32 Å². The number of rotatable bonds is 10. The second-order valence-corrected chi connectivity index (χ2v) is 6.47. The average molecular weight is 349 g/mol. The number of nitrogens with one attached hydrogen (secondary N) is 1. The Hall–Kier alpha value is -2.74. The molecule has 0 aliphatic heterocycles. The highest BCUT2D eigenvalue weighted by atomic mass is 14.9. The van der Waals surface area contributed by atoms with E-state index in [1.54, 1.807) is 6.20 Å². The van der Waals surface area contributed by atoms with E-state index in [2.05, 4.69) is 69.3 Å². The van der Waals surface area contributed by atoms with Crippen LogP contribution < -0.4 is 11.1 Å². The summed E-state index contributed by atoms with van der Waals surface area (Å²) in [6.45, 7) is 18.1. The van der Waals surface area contributed by atoms with Gasteiger partial charge in [-0.15, -0.1) is 0 Å². The van der Waals surface area contributed by atoms with Crippen LogP contribution in [0.25, 0.3) is 5.57 Å². The molecule has 0 bridgehead atoms. The van der Waals surface area contributed by atoms with E-state index in [1.807, 2.05) is 25.1 Å². The Morgan fingerprint density at radius 1 is 1.27 bits per heavy atom. The fraction of sp³-hybridized carbons (Fsp3) is 0.250. The number of hydrogen-bond donors (Lipinski definition) is 2. The van der Waals surface area contributed by atoms with Gasteiger partial charge in [0.2, 0.25) is 0 Å². The topological polar surface area (TPSA) is 38.0 Å². The van der Waals surface area contributed by atoms with E-state index in [1.165, 1.54) is 16.7 Å². The smallest absolute Gasteiger partial charge is 0.0650 e. The maximum absolute atomic E-state index is 5.88. The van der Waals surface area contributed by atoms with Gasteiger partial charge in [0, 0.05) is 5.69 Å². The van der Waals surface area contributed by atoms with Gasteiger partial charge in [-0.05, 0) is 61.7 Å². The molecule has 0 aliphatic rings. The number of hydrogen-bond acceptors (Lipinski definition) is 2. The molecule has 1 unspecified atom stereocenters. The van der Waals surface area contributed by atoms with E-state index in [9.17, 15) is 0 Å². The van der Waals surface area contributed by atoms with Gasteiger partial charge in [-0.2, -0.15) is 0 Å². The van der Waals surface area contributed by atoms with Crippen LogP contribution in [-0.2, 0) is 6.42 Å². The first-order valence-electron chi connectivity index (χ1n) is 8.99. The summed E-state index contributed by atoms with van der Waals surface area (Å²) >= 11 is 0. The Bertz CT molecular complexity index is 733. The zero-order valence-corrected chi connectivity index (χ0v) is 16.4. The molecule has 138 valence electrons. The first-order chi connectivity index (χ1) is 12.4. The predicted octanol–water partition coefficient (Wildman–Crippen LogP) is 5.97. The lowest BCUT2D eigenvalue weighted by Gasteiger charge is -2.11. The minimum absolute atomic E-state index is 0.110. The second kappa shape index (κ2) is 11.0. The first kappa shape index (κ1) is 21.3. The van der Waals surface area contributed by atoms with Crippen LogP contribution in [0, 0.1) is 0 Å². The fourth-order valence-electron chi connectivity index (χ4n) is 2.61. The average Bonchev–Trinajstić information content (AvgIpc) is 2.60. The zero-order valence-electron chi connectivity index (χ0n) is 16.4. The molecule has 0 heterocycles. The van der Waals surface area contributed by atoms with E-state index in [0.29, 0.717) is 0 Å². The summed E-state index contributed by atoms with van der Waals surface area (Å²) in [4.78, 5) is 0. The zero-order chi connectivity index (χ0) is 19.5. The lowest BCUT2D eigenvalue weighted by Crippen LogP contribution is -2.21. The molecule has 1 aromatic rings. The monoisotopic (exact) mass is 348 g/mol. The summed E-state index contributed by atoms with van der Waals surface area (Å²) < 4.78 is 0. The van der Waals surface area contributed by atoms with E-state index >= 15 is 0 Å². The third-order valence-corrected chi connectivity index (χ3v) is 4.13. The van der Waals surface area contributed by atoms with Crippen molar-refractivity contribution < 1.29 is 0 Å². The molecule has 0 aromatic heterocycles. The first-order valence-corrected chi connectivity index (χ1v) is 8.99. The van der Waals surface area contributed by atoms with E-state index in [4.69, 9.17) is 5.73 Å². The Labute approximate surface area is 159 Å². The van der Waals surface area contributed by atoms with Crippen LogP contribution >= 0.6 is 0 Å². The largest absolute Gasteiger partial charge is 0.399 e. The van der Waals surface area contributed by atoms with Gasteiger partial charge < -0.3 is 11.1 Å². The van der Waals surface area contributed by atoms with Crippen LogP contribution in [0.15, 0.2) is 85.7 Å². The normalized spacial score (nSPS) is 13.1. The van der Waals surface area contributed by atoms with Crippen LogP contribution in [-0.4, -0.2) is 6.04 Å². The highest BCUT2D eigenvalue weighted by Crippen LogP contribution is 2.24. The van der Waals surface area contributed by atoms with E-state index < -0.39 is 0 Å². The number of nitrogen functional groups attached to an aromatic ring is 1. The van der Waals surface area contributed by atoms with Gasteiger partial charge in [-0.3, -0.25) is 0 Å². The molecule has 0 aliphatic carbocycles. The summed E-state index contributed by atoms with van der Waals surface area (Å²) in [7, 11) is 0. The van der Waals surface area contributed by atoms with Gasteiger partial charge in [-0.25, -0.2) is 0 Å². The molecule has 0 fully saturated rings. The van der Waals surface area contributed by atoms with Crippen molar-refractivity contribution in [3.05, 3.63) is 96.8 Å². The molecule has 0 amide bonds. The fourth-order valence-corrected chi connectivity index (χ4v) is 2.61. The number of allylic oxidation sites excluding steroid dienone is 6. The molecule has 3 N–H and O–H groups in total. The quantitative estimate of drug-likeness (QED) is 0.310.